The van der Waals surface area contributed by atoms with Gasteiger partial charge in [-0.3, -0.25) is 4.79 Å². The highest BCUT2D eigenvalue weighted by Crippen LogP contribution is 2.16. The minimum atomic E-state index is -0.720. The number of likely N-dealkylation sites (N-methyl/N-ethyl adjacent to an activating group) is 1. The van der Waals surface area contributed by atoms with Gasteiger partial charge in [0.1, 0.15) is 12.1 Å². The van der Waals surface area contributed by atoms with Crippen LogP contribution in [-0.2, 0) is 16.1 Å². The van der Waals surface area contributed by atoms with Crippen LogP contribution in [0, 0.1) is 5.92 Å². The molecule has 0 aliphatic heterocycles. The molecule has 2 rings (SSSR count). The smallest absolute Gasteiger partial charge is 0.246 e. The summed E-state index contributed by atoms with van der Waals surface area (Å²) >= 11 is 0. The first-order chi connectivity index (χ1) is 11.9. The number of ether oxygens (including phenoxy) is 1. The Bertz CT molecular complexity index is 678. The third-order valence-electron chi connectivity index (χ3n) is 3.70. The molecule has 2 atom stereocenters. The van der Waals surface area contributed by atoms with Crippen molar-refractivity contribution in [2.75, 3.05) is 13.7 Å². The lowest BCUT2D eigenvalue weighted by Gasteiger charge is -2.19. The molecule has 0 fully saturated rings. The number of nitrogens with two attached hydrogens (primary N) is 1. The topological polar surface area (TPSA) is 94.5 Å². The van der Waals surface area contributed by atoms with Gasteiger partial charge < -0.3 is 19.9 Å². The predicted molar refractivity (Wildman–Crippen MR) is 101 cm³/mol. The minimum absolute atomic E-state index is 0. The van der Waals surface area contributed by atoms with Gasteiger partial charge in [-0.05, 0) is 18.4 Å². The molecule has 26 heavy (non-hydrogen) atoms. The zero-order valence-electron chi connectivity index (χ0n) is 15.6. The van der Waals surface area contributed by atoms with Crippen molar-refractivity contribution in [1.82, 2.24) is 15.0 Å². The summed E-state index contributed by atoms with van der Waals surface area (Å²) in [4.78, 5) is 18.2. The molecule has 0 bridgehead atoms. The number of amides is 1. The standard InChI is InChI=1S/C18H26N4O3.ClH/c1-12(2)11-24-13(3)17-20-15(25-21-17)10-22(4)18(23)16(19)14-8-6-5-7-9-14;/h5-9,12-13,16H,10-11,19H2,1-4H3;1H. The highest BCUT2D eigenvalue weighted by atomic mass is 35.5. The van der Waals surface area contributed by atoms with Gasteiger partial charge in [0.05, 0.1) is 6.54 Å². The second kappa shape index (κ2) is 10.3. The van der Waals surface area contributed by atoms with E-state index in [4.69, 9.17) is 15.0 Å². The van der Waals surface area contributed by atoms with E-state index in [1.807, 2.05) is 37.3 Å². The average Bonchev–Trinajstić information content (AvgIpc) is 3.07. The van der Waals surface area contributed by atoms with Crippen molar-refractivity contribution in [3.63, 3.8) is 0 Å². The summed E-state index contributed by atoms with van der Waals surface area (Å²) in [5.41, 5.74) is 6.80. The van der Waals surface area contributed by atoms with E-state index in [2.05, 4.69) is 24.0 Å². The maximum absolute atomic E-state index is 12.5. The van der Waals surface area contributed by atoms with Crippen LogP contribution in [0.2, 0.25) is 0 Å². The molecule has 0 aliphatic rings. The van der Waals surface area contributed by atoms with E-state index < -0.39 is 6.04 Å². The molecular weight excluding hydrogens is 356 g/mol. The van der Waals surface area contributed by atoms with Crippen molar-refractivity contribution in [1.29, 1.82) is 0 Å². The van der Waals surface area contributed by atoms with Gasteiger partial charge in [0, 0.05) is 13.7 Å². The lowest BCUT2D eigenvalue weighted by atomic mass is 10.1. The fraction of sp³-hybridized carbons (Fsp3) is 0.500. The number of aromatic nitrogens is 2. The van der Waals surface area contributed by atoms with Crippen molar-refractivity contribution in [2.45, 2.75) is 39.5 Å². The molecular formula is C18H27ClN4O3. The van der Waals surface area contributed by atoms with Gasteiger partial charge in [-0.1, -0.05) is 49.3 Å². The van der Waals surface area contributed by atoms with E-state index in [0.29, 0.717) is 24.2 Å². The van der Waals surface area contributed by atoms with Crippen LogP contribution in [0.5, 0.6) is 0 Å². The summed E-state index contributed by atoms with van der Waals surface area (Å²) in [6.45, 7) is 6.84. The SMILES string of the molecule is CC(C)COC(C)c1noc(CN(C)C(=O)C(N)c2ccccc2)n1.Cl. The Hall–Kier alpha value is -1.96. The fourth-order valence-corrected chi connectivity index (χ4v) is 2.23. The van der Waals surface area contributed by atoms with E-state index in [1.165, 1.54) is 4.90 Å². The Kier molecular flexibility index (Phi) is 8.71. The van der Waals surface area contributed by atoms with Crippen molar-refractivity contribution >= 4 is 18.3 Å². The normalized spacial score (nSPS) is 13.2. The summed E-state index contributed by atoms with van der Waals surface area (Å²) in [6.07, 6.45) is -0.257. The molecule has 0 aliphatic carbocycles. The number of hydrogen-bond acceptors (Lipinski definition) is 6. The first-order valence-corrected chi connectivity index (χ1v) is 8.38. The van der Waals surface area contributed by atoms with Crippen molar-refractivity contribution in [3.8, 4) is 0 Å². The lowest BCUT2D eigenvalue weighted by Crippen LogP contribution is -2.35. The number of carbonyl (C=O) groups excluding carboxylic acids is 1. The number of benzene rings is 1. The third kappa shape index (κ3) is 6.09. The minimum Gasteiger partial charge on any atom is -0.370 e. The molecule has 0 saturated heterocycles. The number of nitrogens with zero attached hydrogens (tertiary/aromatic N) is 3. The molecule has 2 unspecified atom stereocenters. The Morgan fingerprint density at radius 3 is 2.54 bits per heavy atom. The fourth-order valence-electron chi connectivity index (χ4n) is 2.23. The Morgan fingerprint density at radius 2 is 1.92 bits per heavy atom. The maximum Gasteiger partial charge on any atom is 0.246 e. The third-order valence-corrected chi connectivity index (χ3v) is 3.70. The highest BCUT2D eigenvalue weighted by Gasteiger charge is 2.22. The number of carbonyl (C=O) groups is 1. The van der Waals surface area contributed by atoms with Gasteiger partial charge in [0.25, 0.3) is 0 Å². The monoisotopic (exact) mass is 382 g/mol. The van der Waals surface area contributed by atoms with Crippen molar-refractivity contribution < 1.29 is 14.1 Å². The summed E-state index contributed by atoms with van der Waals surface area (Å²) < 4.78 is 10.9. The van der Waals surface area contributed by atoms with E-state index in [9.17, 15) is 4.79 Å². The van der Waals surface area contributed by atoms with Gasteiger partial charge in [-0.2, -0.15) is 4.98 Å². The molecule has 2 aromatic rings. The molecule has 1 amide bonds. The summed E-state index contributed by atoms with van der Waals surface area (Å²) in [7, 11) is 1.66. The van der Waals surface area contributed by atoms with Crippen molar-refractivity contribution in [3.05, 3.63) is 47.6 Å². The first-order valence-electron chi connectivity index (χ1n) is 8.38. The second-order valence-electron chi connectivity index (χ2n) is 6.50. The molecule has 0 spiro atoms. The van der Waals surface area contributed by atoms with Crippen molar-refractivity contribution in [2.24, 2.45) is 11.7 Å². The zero-order valence-corrected chi connectivity index (χ0v) is 16.4. The quantitative estimate of drug-likeness (QED) is 0.754. The van der Waals surface area contributed by atoms with Crippen LogP contribution in [0.25, 0.3) is 0 Å². The van der Waals surface area contributed by atoms with Crippen LogP contribution in [0.15, 0.2) is 34.9 Å². The van der Waals surface area contributed by atoms with Crippen LogP contribution >= 0.6 is 12.4 Å². The molecule has 144 valence electrons. The van der Waals surface area contributed by atoms with Gasteiger partial charge in [-0.15, -0.1) is 12.4 Å². The van der Waals surface area contributed by atoms with E-state index in [-0.39, 0.29) is 31.0 Å². The van der Waals surface area contributed by atoms with Crippen LogP contribution < -0.4 is 5.73 Å². The summed E-state index contributed by atoms with van der Waals surface area (Å²) in [5.74, 6) is 1.04. The Labute approximate surface area is 160 Å². The molecule has 7 nitrogen and oxygen atoms in total. The average molecular weight is 383 g/mol. The van der Waals surface area contributed by atoms with Crippen LogP contribution in [-0.4, -0.2) is 34.6 Å². The van der Waals surface area contributed by atoms with Gasteiger partial charge in [0.2, 0.25) is 11.8 Å². The Morgan fingerprint density at radius 1 is 1.27 bits per heavy atom. The first kappa shape index (κ1) is 22.1. The zero-order chi connectivity index (χ0) is 18.4. The summed E-state index contributed by atoms with van der Waals surface area (Å²) in [5, 5.41) is 3.93. The molecule has 1 heterocycles. The van der Waals surface area contributed by atoms with Crippen LogP contribution in [0.1, 0.15) is 50.2 Å². The van der Waals surface area contributed by atoms with Crippen LogP contribution in [0.3, 0.4) is 0 Å². The predicted octanol–water partition coefficient (Wildman–Crippen LogP) is 2.88. The number of halogens is 1. The molecule has 1 aromatic heterocycles. The maximum atomic E-state index is 12.5. The number of hydrogen-bond donors (Lipinski definition) is 1. The largest absolute Gasteiger partial charge is 0.370 e. The molecule has 0 radical (unpaired) electrons. The van der Waals surface area contributed by atoms with Gasteiger partial charge in [-0.25, -0.2) is 0 Å². The molecule has 1 aromatic carbocycles. The van der Waals surface area contributed by atoms with E-state index in [1.54, 1.807) is 7.05 Å². The lowest BCUT2D eigenvalue weighted by molar-refractivity contribution is -0.132. The van der Waals surface area contributed by atoms with E-state index >= 15 is 0 Å². The van der Waals surface area contributed by atoms with Crippen LogP contribution in [0.4, 0.5) is 0 Å². The molecule has 0 saturated carbocycles. The summed E-state index contributed by atoms with van der Waals surface area (Å²) in [6, 6.07) is 8.52. The highest BCUT2D eigenvalue weighted by molar-refractivity contribution is 5.85. The number of rotatable bonds is 8. The molecule has 2 N–H and O–H groups in total. The van der Waals surface area contributed by atoms with Gasteiger partial charge >= 0.3 is 0 Å². The van der Waals surface area contributed by atoms with Gasteiger partial charge in [0.15, 0.2) is 5.82 Å². The van der Waals surface area contributed by atoms with E-state index in [0.717, 1.165) is 5.56 Å². The molecule has 8 heteroatoms. The Balaban J connectivity index is 0.00000338. The second-order valence-corrected chi connectivity index (χ2v) is 6.50.